The molecule has 0 amide bonds. The Morgan fingerprint density at radius 3 is 2.26 bits per heavy atom. The molecule has 2 aromatic rings. The van der Waals surface area contributed by atoms with E-state index >= 15 is 0 Å². The summed E-state index contributed by atoms with van der Waals surface area (Å²) in [6, 6.07) is 10.9. The van der Waals surface area contributed by atoms with Crippen LogP contribution in [-0.2, 0) is 20.5 Å². The molecule has 166 valence electrons. The van der Waals surface area contributed by atoms with Crippen LogP contribution in [0.3, 0.4) is 0 Å². The van der Waals surface area contributed by atoms with Crippen molar-refractivity contribution in [3.8, 4) is 17.6 Å². The van der Waals surface area contributed by atoms with Gasteiger partial charge in [-0.1, -0.05) is 6.07 Å². The number of ether oxygens (including phenoxy) is 1. The zero-order valence-corrected chi connectivity index (χ0v) is 17.0. The van der Waals surface area contributed by atoms with Crippen LogP contribution < -0.4 is 14.2 Å². The summed E-state index contributed by atoms with van der Waals surface area (Å²) in [5.41, 5.74) is -6.69. The Morgan fingerprint density at radius 1 is 1.16 bits per heavy atom. The number of hydrogen-bond acceptors (Lipinski definition) is 7. The van der Waals surface area contributed by atoms with Crippen LogP contribution in [0.15, 0.2) is 42.5 Å². The molecule has 12 heteroatoms. The first kappa shape index (κ1) is 23.8. The number of carboxylic acid groups (broad SMARTS) is 1. The lowest BCUT2D eigenvalue weighted by molar-refractivity contribution is -0.142. The fourth-order valence-electron chi connectivity index (χ4n) is 2.49. The first-order chi connectivity index (χ1) is 14.3. The van der Waals surface area contributed by atoms with Gasteiger partial charge in [0.15, 0.2) is 17.0 Å². The van der Waals surface area contributed by atoms with Crippen molar-refractivity contribution in [1.29, 1.82) is 5.26 Å². The Kier molecular flexibility index (Phi) is 6.70. The lowest BCUT2D eigenvalue weighted by atomic mass is 9.91. The third-order valence-electron chi connectivity index (χ3n) is 4.14. The Morgan fingerprint density at radius 2 is 1.77 bits per heavy atom. The number of hydrogen-bond donors (Lipinski definition) is 2. The van der Waals surface area contributed by atoms with Gasteiger partial charge in [0.05, 0.1) is 18.2 Å². The lowest BCUT2D eigenvalue weighted by Crippen LogP contribution is -2.40. The van der Waals surface area contributed by atoms with Gasteiger partial charge in [0.2, 0.25) is 0 Å². The summed E-state index contributed by atoms with van der Waals surface area (Å²) in [4.78, 5) is 12.0. The molecule has 0 bridgehead atoms. The van der Waals surface area contributed by atoms with E-state index in [1.807, 2.05) is 6.07 Å². The molecule has 0 aliphatic rings. The zero-order chi connectivity index (χ0) is 23.4. The molecule has 1 atom stereocenters. The van der Waals surface area contributed by atoms with E-state index in [0.29, 0.717) is 11.3 Å². The van der Waals surface area contributed by atoms with Crippen molar-refractivity contribution < 1.29 is 40.4 Å². The quantitative estimate of drug-likeness (QED) is 0.454. The molecule has 0 aliphatic heterocycles. The number of carbonyl (C=O) groups is 1. The minimum atomic E-state index is -5.95. The standard InChI is InChI=1S/C19H17F3N2O6S/c1-3-29-16-10-13(6-9-15(16)30-31(27,28)19(20,21)22)18(2,17(25)26)24-14-7-4-12(11-23)5-8-14/h4-10,24H,3H2,1-2H3,(H,25,26). The normalized spacial score (nSPS) is 13.5. The fourth-order valence-corrected chi connectivity index (χ4v) is 2.96. The summed E-state index contributed by atoms with van der Waals surface area (Å²) in [5.74, 6) is -2.47. The molecule has 0 aromatic heterocycles. The van der Waals surface area contributed by atoms with Gasteiger partial charge in [-0.2, -0.15) is 26.9 Å². The van der Waals surface area contributed by atoms with Crippen molar-refractivity contribution in [3.05, 3.63) is 53.6 Å². The van der Waals surface area contributed by atoms with Gasteiger partial charge in [0.25, 0.3) is 0 Å². The molecule has 31 heavy (non-hydrogen) atoms. The van der Waals surface area contributed by atoms with Crippen LogP contribution in [0.2, 0.25) is 0 Å². The van der Waals surface area contributed by atoms with Crippen molar-refractivity contribution in [3.63, 3.8) is 0 Å². The van der Waals surface area contributed by atoms with E-state index in [1.54, 1.807) is 0 Å². The number of nitriles is 1. The van der Waals surface area contributed by atoms with Crippen LogP contribution in [-0.4, -0.2) is 31.6 Å². The molecule has 2 rings (SSSR count). The fraction of sp³-hybridized carbons (Fsp3) is 0.263. The number of aliphatic carboxylic acids is 1. The van der Waals surface area contributed by atoms with E-state index in [4.69, 9.17) is 10.00 Å². The van der Waals surface area contributed by atoms with Gasteiger partial charge in [-0.25, -0.2) is 4.79 Å². The van der Waals surface area contributed by atoms with E-state index in [2.05, 4.69) is 9.50 Å². The second-order valence-electron chi connectivity index (χ2n) is 6.32. The van der Waals surface area contributed by atoms with Crippen LogP contribution in [0.5, 0.6) is 11.5 Å². The number of nitrogens with one attached hydrogen (secondary N) is 1. The molecular formula is C19H17F3N2O6S. The second kappa shape index (κ2) is 8.73. The third kappa shape index (κ3) is 5.18. The predicted octanol–water partition coefficient (Wildman–Crippen LogP) is 3.60. The molecule has 1 unspecified atom stereocenters. The first-order valence-electron chi connectivity index (χ1n) is 8.64. The first-order valence-corrected chi connectivity index (χ1v) is 10.0. The van der Waals surface area contributed by atoms with Crippen molar-refractivity contribution in [2.24, 2.45) is 0 Å². The van der Waals surface area contributed by atoms with Gasteiger partial charge >= 0.3 is 21.6 Å². The highest BCUT2D eigenvalue weighted by Crippen LogP contribution is 2.37. The maximum Gasteiger partial charge on any atom is 0.534 e. The topological polar surface area (TPSA) is 126 Å². The van der Waals surface area contributed by atoms with E-state index in [-0.39, 0.29) is 17.9 Å². The highest BCUT2D eigenvalue weighted by atomic mass is 32.2. The number of benzene rings is 2. The second-order valence-corrected chi connectivity index (χ2v) is 7.86. The summed E-state index contributed by atoms with van der Waals surface area (Å²) < 4.78 is 69.9. The van der Waals surface area contributed by atoms with Gasteiger partial charge < -0.3 is 19.3 Å². The number of anilines is 1. The number of rotatable bonds is 8. The van der Waals surface area contributed by atoms with E-state index in [1.165, 1.54) is 38.1 Å². The molecule has 0 heterocycles. The van der Waals surface area contributed by atoms with Crippen LogP contribution in [0.1, 0.15) is 25.0 Å². The molecule has 2 N–H and O–H groups in total. The Hall–Kier alpha value is -3.46. The molecule has 2 aromatic carbocycles. The summed E-state index contributed by atoms with van der Waals surface area (Å²) >= 11 is 0. The molecule has 8 nitrogen and oxygen atoms in total. The minimum absolute atomic E-state index is 0.0459. The van der Waals surface area contributed by atoms with Gasteiger partial charge in [-0.3, -0.25) is 0 Å². The molecule has 0 fully saturated rings. The molecule has 0 aliphatic carbocycles. The van der Waals surface area contributed by atoms with Gasteiger partial charge in [-0.05, 0) is 55.8 Å². The smallest absolute Gasteiger partial charge is 0.490 e. The molecule has 0 radical (unpaired) electrons. The highest BCUT2D eigenvalue weighted by molar-refractivity contribution is 7.88. The van der Waals surface area contributed by atoms with Crippen molar-refractivity contribution in [1.82, 2.24) is 0 Å². The Bertz CT molecular complexity index is 1110. The van der Waals surface area contributed by atoms with Gasteiger partial charge in [-0.15, -0.1) is 0 Å². The monoisotopic (exact) mass is 458 g/mol. The summed E-state index contributed by atoms with van der Waals surface area (Å²) in [7, 11) is -5.95. The van der Waals surface area contributed by atoms with Crippen LogP contribution in [0, 0.1) is 11.3 Å². The number of halogens is 3. The summed E-state index contributed by atoms with van der Waals surface area (Å²) in [5, 5.41) is 21.4. The molecular weight excluding hydrogens is 441 g/mol. The number of alkyl halides is 3. The summed E-state index contributed by atoms with van der Waals surface area (Å²) in [6.07, 6.45) is 0. The molecule has 0 spiro atoms. The van der Waals surface area contributed by atoms with E-state index in [9.17, 15) is 31.5 Å². The van der Waals surface area contributed by atoms with Gasteiger partial charge in [0, 0.05) is 5.69 Å². The molecule has 0 saturated heterocycles. The maximum absolute atomic E-state index is 12.6. The van der Waals surface area contributed by atoms with E-state index < -0.39 is 32.9 Å². The maximum atomic E-state index is 12.6. The predicted molar refractivity (Wildman–Crippen MR) is 103 cm³/mol. The summed E-state index contributed by atoms with van der Waals surface area (Å²) in [6.45, 7) is 2.74. The van der Waals surface area contributed by atoms with Crippen molar-refractivity contribution >= 4 is 21.8 Å². The minimum Gasteiger partial charge on any atom is -0.490 e. The number of nitrogens with zero attached hydrogens (tertiary/aromatic N) is 1. The van der Waals surface area contributed by atoms with Gasteiger partial charge in [0.1, 0.15) is 0 Å². The van der Waals surface area contributed by atoms with Crippen LogP contribution >= 0.6 is 0 Å². The zero-order valence-electron chi connectivity index (χ0n) is 16.2. The van der Waals surface area contributed by atoms with Crippen LogP contribution in [0.25, 0.3) is 0 Å². The lowest BCUT2D eigenvalue weighted by Gasteiger charge is -2.28. The van der Waals surface area contributed by atoms with Crippen molar-refractivity contribution in [2.75, 3.05) is 11.9 Å². The van der Waals surface area contributed by atoms with Crippen molar-refractivity contribution in [2.45, 2.75) is 24.9 Å². The average Bonchev–Trinajstić information content (AvgIpc) is 2.68. The molecule has 0 saturated carbocycles. The van der Waals surface area contributed by atoms with Crippen LogP contribution in [0.4, 0.5) is 18.9 Å². The Balaban J connectivity index is 2.49. The SMILES string of the molecule is CCOc1cc(C(C)(Nc2ccc(C#N)cc2)C(=O)O)ccc1OS(=O)(=O)C(F)(F)F. The number of carboxylic acids is 1. The van der Waals surface area contributed by atoms with E-state index in [0.717, 1.165) is 18.2 Å². The highest BCUT2D eigenvalue weighted by Gasteiger charge is 2.49. The average molecular weight is 458 g/mol. The largest absolute Gasteiger partial charge is 0.534 e. The Labute approximate surface area is 175 Å². The third-order valence-corrected chi connectivity index (χ3v) is 5.11.